The number of esters is 1. The van der Waals surface area contributed by atoms with Gasteiger partial charge in [0, 0.05) is 25.2 Å². The van der Waals surface area contributed by atoms with E-state index >= 15 is 0 Å². The van der Waals surface area contributed by atoms with E-state index in [4.69, 9.17) is 4.74 Å². The maximum atomic E-state index is 12.5. The van der Waals surface area contributed by atoms with Crippen molar-refractivity contribution in [3.63, 3.8) is 0 Å². The Morgan fingerprint density at radius 1 is 0.962 bits per heavy atom. The molecule has 2 unspecified atom stereocenters. The summed E-state index contributed by atoms with van der Waals surface area (Å²) < 4.78 is 17.8. The van der Waals surface area contributed by atoms with Crippen LogP contribution in [-0.4, -0.2) is 43.0 Å². The van der Waals surface area contributed by atoms with Crippen LogP contribution in [0, 0.1) is 5.92 Å². The summed E-state index contributed by atoms with van der Waals surface area (Å²) in [4.78, 5) is 14.7. The second-order valence-electron chi connectivity index (χ2n) is 7.47. The molecule has 0 N–H and O–H groups in total. The standard InChI is InChI=1S/C21H26NO3P/c1-26(2,24)16-19-15-25-21(23)20(19)22(13-17-9-5-3-6-10-17)14-18-11-7-4-8-12-18/h3-12,19-20H,13-16H2,1-2H3. The highest BCUT2D eigenvalue weighted by molar-refractivity contribution is 7.62. The Kier molecular flexibility index (Phi) is 5.95. The number of hydrogen-bond donors (Lipinski definition) is 0. The smallest absolute Gasteiger partial charge is 0.323 e. The molecule has 1 aliphatic rings. The third-order valence-electron chi connectivity index (χ3n) is 4.65. The second kappa shape index (κ2) is 8.20. The molecule has 2 aromatic rings. The lowest BCUT2D eigenvalue weighted by Gasteiger charge is -2.30. The van der Waals surface area contributed by atoms with Gasteiger partial charge in [0.1, 0.15) is 6.04 Å². The maximum absolute atomic E-state index is 12.5. The van der Waals surface area contributed by atoms with E-state index in [1.165, 1.54) is 0 Å². The highest BCUT2D eigenvalue weighted by atomic mass is 31.2. The van der Waals surface area contributed by atoms with Crippen molar-refractivity contribution in [3.8, 4) is 0 Å². The minimum atomic E-state index is -2.24. The SMILES string of the molecule is CP(C)(=O)CC1COC(=O)C1N(Cc1ccccc1)Cc1ccccc1. The molecule has 0 amide bonds. The molecule has 2 atom stereocenters. The van der Waals surface area contributed by atoms with Crippen LogP contribution in [0.15, 0.2) is 60.7 Å². The zero-order valence-corrected chi connectivity index (χ0v) is 16.3. The van der Waals surface area contributed by atoms with Crippen LogP contribution in [0.2, 0.25) is 0 Å². The van der Waals surface area contributed by atoms with Gasteiger partial charge in [0.25, 0.3) is 0 Å². The Morgan fingerprint density at radius 3 is 1.92 bits per heavy atom. The Morgan fingerprint density at radius 2 is 1.46 bits per heavy atom. The molecule has 1 saturated heterocycles. The molecule has 0 radical (unpaired) electrons. The van der Waals surface area contributed by atoms with E-state index in [-0.39, 0.29) is 17.9 Å². The summed E-state index contributed by atoms with van der Waals surface area (Å²) in [6.07, 6.45) is 0.531. The zero-order chi connectivity index (χ0) is 18.6. The summed E-state index contributed by atoms with van der Waals surface area (Å²) >= 11 is 0. The minimum Gasteiger partial charge on any atom is -0.464 e. The molecular formula is C21H26NO3P. The first-order valence-corrected chi connectivity index (χ1v) is 11.7. The third-order valence-corrected chi connectivity index (χ3v) is 6.00. The van der Waals surface area contributed by atoms with Gasteiger partial charge < -0.3 is 9.30 Å². The van der Waals surface area contributed by atoms with Crippen LogP contribution in [0.4, 0.5) is 0 Å². The molecule has 4 nitrogen and oxygen atoms in total. The first-order chi connectivity index (χ1) is 12.4. The lowest BCUT2D eigenvalue weighted by molar-refractivity contribution is -0.142. The highest BCUT2D eigenvalue weighted by Gasteiger charge is 2.42. The molecule has 0 aromatic heterocycles. The van der Waals surface area contributed by atoms with Gasteiger partial charge in [-0.3, -0.25) is 9.69 Å². The van der Waals surface area contributed by atoms with Gasteiger partial charge in [-0.25, -0.2) is 0 Å². The van der Waals surface area contributed by atoms with Crippen molar-refractivity contribution in [1.29, 1.82) is 0 Å². The normalized spacial score (nSPS) is 20.3. The van der Waals surface area contributed by atoms with Crippen LogP contribution >= 0.6 is 7.14 Å². The van der Waals surface area contributed by atoms with E-state index in [9.17, 15) is 9.36 Å². The number of hydrogen-bond acceptors (Lipinski definition) is 4. The Balaban J connectivity index is 1.87. The van der Waals surface area contributed by atoms with Gasteiger partial charge >= 0.3 is 5.97 Å². The molecule has 1 fully saturated rings. The van der Waals surface area contributed by atoms with Crippen LogP contribution in [0.25, 0.3) is 0 Å². The number of nitrogens with zero attached hydrogens (tertiary/aromatic N) is 1. The number of benzene rings is 2. The monoisotopic (exact) mass is 371 g/mol. The predicted octanol–water partition coefficient (Wildman–Crippen LogP) is 3.85. The summed E-state index contributed by atoms with van der Waals surface area (Å²) in [6, 6.07) is 19.9. The van der Waals surface area contributed by atoms with Crippen molar-refractivity contribution in [2.75, 3.05) is 26.1 Å². The quantitative estimate of drug-likeness (QED) is 0.548. The van der Waals surface area contributed by atoms with Crippen molar-refractivity contribution in [1.82, 2.24) is 4.90 Å². The first-order valence-electron chi connectivity index (χ1n) is 8.95. The second-order valence-corrected chi connectivity index (χ2v) is 11.0. The molecule has 0 saturated carbocycles. The van der Waals surface area contributed by atoms with Gasteiger partial charge in [0.05, 0.1) is 13.7 Å². The number of carbonyl (C=O) groups excluding carboxylic acids is 1. The van der Waals surface area contributed by atoms with Crippen LogP contribution in [0.5, 0.6) is 0 Å². The van der Waals surface area contributed by atoms with Gasteiger partial charge in [0.2, 0.25) is 0 Å². The number of ether oxygens (including phenoxy) is 1. The lowest BCUT2D eigenvalue weighted by atomic mass is 10.0. The van der Waals surface area contributed by atoms with Crippen LogP contribution in [0.1, 0.15) is 11.1 Å². The minimum absolute atomic E-state index is 0.0317. The molecule has 3 rings (SSSR count). The molecule has 0 bridgehead atoms. The summed E-state index contributed by atoms with van der Waals surface area (Å²) in [5, 5.41) is 0. The van der Waals surface area contributed by atoms with Crippen molar-refractivity contribution in [3.05, 3.63) is 71.8 Å². The topological polar surface area (TPSA) is 46.6 Å². The van der Waals surface area contributed by atoms with Crippen LogP contribution < -0.4 is 0 Å². The summed E-state index contributed by atoms with van der Waals surface area (Å²) in [6.45, 7) is 5.24. The van der Waals surface area contributed by atoms with Gasteiger partial charge in [-0.05, 0) is 24.5 Å². The Bertz CT molecular complexity index is 731. The average Bonchev–Trinajstić information content (AvgIpc) is 2.95. The van der Waals surface area contributed by atoms with Crippen molar-refractivity contribution in [2.24, 2.45) is 5.92 Å². The average molecular weight is 371 g/mol. The molecule has 5 heteroatoms. The highest BCUT2D eigenvalue weighted by Crippen LogP contribution is 2.41. The molecule has 0 spiro atoms. The van der Waals surface area contributed by atoms with E-state index in [2.05, 4.69) is 29.2 Å². The number of rotatable bonds is 7. The van der Waals surface area contributed by atoms with Crippen LogP contribution in [0.3, 0.4) is 0 Å². The van der Waals surface area contributed by atoms with Gasteiger partial charge in [0.15, 0.2) is 0 Å². The van der Waals surface area contributed by atoms with Crippen LogP contribution in [-0.2, 0) is 27.2 Å². The van der Waals surface area contributed by atoms with E-state index in [0.29, 0.717) is 25.9 Å². The van der Waals surface area contributed by atoms with Crippen molar-refractivity contribution < 1.29 is 14.1 Å². The molecule has 1 aliphatic heterocycles. The molecule has 2 aromatic carbocycles. The van der Waals surface area contributed by atoms with Gasteiger partial charge in [-0.1, -0.05) is 60.7 Å². The summed E-state index contributed by atoms with van der Waals surface area (Å²) in [7, 11) is -2.24. The molecule has 1 heterocycles. The van der Waals surface area contributed by atoms with Gasteiger partial charge in [-0.15, -0.1) is 0 Å². The predicted molar refractivity (Wildman–Crippen MR) is 105 cm³/mol. The largest absolute Gasteiger partial charge is 0.464 e. The first kappa shape index (κ1) is 18.9. The van der Waals surface area contributed by atoms with Crippen molar-refractivity contribution in [2.45, 2.75) is 19.1 Å². The third kappa shape index (κ3) is 5.06. The fourth-order valence-electron chi connectivity index (χ4n) is 3.61. The van der Waals surface area contributed by atoms with E-state index in [1.54, 1.807) is 13.3 Å². The fraction of sp³-hybridized carbons (Fsp3) is 0.381. The fourth-order valence-corrected chi connectivity index (χ4v) is 5.05. The lowest BCUT2D eigenvalue weighted by Crippen LogP contribution is -2.43. The van der Waals surface area contributed by atoms with E-state index in [1.807, 2.05) is 36.4 Å². The number of carbonyl (C=O) groups is 1. The van der Waals surface area contributed by atoms with E-state index in [0.717, 1.165) is 11.1 Å². The Labute approximate surface area is 155 Å². The van der Waals surface area contributed by atoms with Gasteiger partial charge in [-0.2, -0.15) is 0 Å². The summed E-state index contributed by atoms with van der Waals surface area (Å²) in [5.41, 5.74) is 2.30. The zero-order valence-electron chi connectivity index (χ0n) is 15.4. The molecule has 0 aliphatic carbocycles. The number of cyclic esters (lactones) is 1. The maximum Gasteiger partial charge on any atom is 0.323 e. The summed E-state index contributed by atoms with van der Waals surface area (Å²) in [5.74, 6) is -0.230. The molecule has 26 heavy (non-hydrogen) atoms. The molecular weight excluding hydrogens is 345 g/mol. The van der Waals surface area contributed by atoms with E-state index < -0.39 is 7.14 Å². The molecule has 138 valence electrons. The van der Waals surface area contributed by atoms with Crippen molar-refractivity contribution >= 4 is 13.1 Å². The Hall–Kier alpha value is -1.90.